The van der Waals surface area contributed by atoms with Crippen LogP contribution in [0.25, 0.3) is 0 Å². The molecule has 10 heteroatoms. The molecule has 0 aromatic carbocycles. The van der Waals surface area contributed by atoms with Crippen molar-refractivity contribution in [2.45, 2.75) is 13.3 Å². The molecule has 0 amide bonds. The second-order valence-corrected chi connectivity index (χ2v) is 5.52. The molecule has 1 N–H and O–H groups in total. The third-order valence-electron chi connectivity index (χ3n) is 3.91. The molecule has 2 aliphatic rings. The maximum atomic E-state index is 11.6. The summed E-state index contributed by atoms with van der Waals surface area (Å²) in [4.78, 5) is 23.5. The smallest absolute Gasteiger partial charge is 0.353 e. The van der Waals surface area contributed by atoms with Gasteiger partial charge in [-0.15, -0.1) is 0 Å². The van der Waals surface area contributed by atoms with E-state index in [4.69, 9.17) is 9.47 Å². The minimum atomic E-state index is -0.466. The van der Waals surface area contributed by atoms with E-state index in [0.717, 1.165) is 26.1 Å². The summed E-state index contributed by atoms with van der Waals surface area (Å²) in [6, 6.07) is 0. The first-order valence-corrected chi connectivity index (χ1v) is 7.87. The van der Waals surface area contributed by atoms with Gasteiger partial charge in [-0.2, -0.15) is 0 Å². The first kappa shape index (κ1) is 16.2. The molecule has 0 unspecified atom stereocenters. The topological polar surface area (TPSA) is 106 Å². The quantitative estimate of drug-likeness (QED) is 0.604. The molecule has 0 atom stereocenters. The summed E-state index contributed by atoms with van der Waals surface area (Å²) in [5, 5.41) is 14.4. The predicted molar refractivity (Wildman–Crippen MR) is 86.4 cm³/mol. The molecule has 0 radical (unpaired) electrons. The molecule has 3 rings (SSSR count). The van der Waals surface area contributed by atoms with Crippen LogP contribution in [-0.2, 0) is 9.47 Å². The summed E-state index contributed by atoms with van der Waals surface area (Å²) in [6.07, 6.45) is 3.77. The molecule has 130 valence electrons. The van der Waals surface area contributed by atoms with Crippen molar-refractivity contribution in [2.24, 2.45) is 0 Å². The Bertz CT molecular complexity index is 630. The van der Waals surface area contributed by atoms with Crippen LogP contribution in [-0.4, -0.2) is 59.3 Å². The van der Waals surface area contributed by atoms with E-state index in [9.17, 15) is 10.1 Å². The molecule has 1 fully saturated rings. The van der Waals surface area contributed by atoms with E-state index in [1.807, 2.05) is 4.90 Å². The number of ether oxygens (including phenoxy) is 2. The van der Waals surface area contributed by atoms with Gasteiger partial charge >= 0.3 is 5.69 Å². The van der Waals surface area contributed by atoms with Gasteiger partial charge in [-0.3, -0.25) is 15.0 Å². The van der Waals surface area contributed by atoms with E-state index in [2.05, 4.69) is 27.1 Å². The lowest BCUT2D eigenvalue weighted by atomic mass is 10.2. The Morgan fingerprint density at radius 2 is 2.12 bits per heavy atom. The Hall–Kier alpha value is -2.62. The third-order valence-corrected chi connectivity index (χ3v) is 3.91. The molecule has 1 saturated heterocycles. The molecular formula is C14H20N6O4. The van der Waals surface area contributed by atoms with Crippen LogP contribution in [0.15, 0.2) is 18.5 Å². The number of rotatable bonds is 6. The van der Waals surface area contributed by atoms with Crippen LogP contribution in [0.5, 0.6) is 0 Å². The van der Waals surface area contributed by atoms with Gasteiger partial charge in [0.1, 0.15) is 12.6 Å². The van der Waals surface area contributed by atoms with Crippen molar-refractivity contribution >= 4 is 17.3 Å². The van der Waals surface area contributed by atoms with Crippen molar-refractivity contribution in [1.29, 1.82) is 0 Å². The largest absolute Gasteiger partial charge is 0.459 e. The fraction of sp³-hybridized carbons (Fsp3) is 0.571. The van der Waals surface area contributed by atoms with Crippen molar-refractivity contribution in [2.75, 3.05) is 49.7 Å². The van der Waals surface area contributed by atoms with Crippen LogP contribution < -0.4 is 10.2 Å². The second kappa shape index (κ2) is 7.30. The van der Waals surface area contributed by atoms with Crippen LogP contribution in [0.1, 0.15) is 13.3 Å². The Balaban J connectivity index is 1.81. The lowest BCUT2D eigenvalue weighted by Gasteiger charge is -2.34. The molecule has 2 aliphatic heterocycles. The third kappa shape index (κ3) is 3.48. The summed E-state index contributed by atoms with van der Waals surface area (Å²) < 4.78 is 10.1. The van der Waals surface area contributed by atoms with E-state index in [1.165, 1.54) is 12.6 Å². The molecule has 10 nitrogen and oxygen atoms in total. The normalized spacial score (nSPS) is 17.9. The lowest BCUT2D eigenvalue weighted by molar-refractivity contribution is -0.383. The summed E-state index contributed by atoms with van der Waals surface area (Å²) in [5.41, 5.74) is -0.155. The standard InChI is InChI=1S/C14H20N6O4/c1-2-3-18-4-6-19(7-5-18)14-12(20(21)22)13(15-9-16-14)17-11-8-23-10-24-11/h8-9H,2-7,10H2,1H3,(H,15,16,17). The summed E-state index contributed by atoms with van der Waals surface area (Å²) in [5.74, 6) is 0.710. The van der Waals surface area contributed by atoms with Crippen molar-refractivity contribution in [1.82, 2.24) is 14.9 Å². The molecule has 0 saturated carbocycles. The monoisotopic (exact) mass is 336 g/mol. The second-order valence-electron chi connectivity index (χ2n) is 5.52. The summed E-state index contributed by atoms with van der Waals surface area (Å²) in [7, 11) is 0. The molecular weight excluding hydrogens is 316 g/mol. The maximum Gasteiger partial charge on any atom is 0.353 e. The molecule has 24 heavy (non-hydrogen) atoms. The van der Waals surface area contributed by atoms with Crippen molar-refractivity contribution in [3.05, 3.63) is 28.6 Å². The molecule has 0 aliphatic carbocycles. The van der Waals surface area contributed by atoms with Gasteiger partial charge in [0.15, 0.2) is 0 Å². The summed E-state index contributed by atoms with van der Waals surface area (Å²) in [6.45, 7) is 6.37. The van der Waals surface area contributed by atoms with E-state index in [0.29, 0.717) is 18.9 Å². The Morgan fingerprint density at radius 1 is 1.33 bits per heavy atom. The molecule has 1 aromatic rings. The van der Waals surface area contributed by atoms with Gasteiger partial charge < -0.3 is 19.7 Å². The van der Waals surface area contributed by atoms with Gasteiger partial charge in [0.05, 0.1) is 4.92 Å². The van der Waals surface area contributed by atoms with Gasteiger partial charge in [0.2, 0.25) is 24.3 Å². The summed E-state index contributed by atoms with van der Waals surface area (Å²) >= 11 is 0. The Kier molecular flexibility index (Phi) is 4.94. The van der Waals surface area contributed by atoms with E-state index in [1.54, 1.807) is 0 Å². The highest BCUT2D eigenvalue weighted by Crippen LogP contribution is 2.33. The van der Waals surface area contributed by atoms with Crippen molar-refractivity contribution in [3.8, 4) is 0 Å². The minimum Gasteiger partial charge on any atom is -0.459 e. The average molecular weight is 336 g/mol. The number of nitrogens with zero attached hydrogens (tertiary/aromatic N) is 5. The zero-order valence-electron chi connectivity index (χ0n) is 13.5. The number of piperazine rings is 1. The average Bonchev–Trinajstić information content (AvgIpc) is 3.08. The number of hydrogen-bond acceptors (Lipinski definition) is 9. The molecule has 0 spiro atoms. The number of hydrogen-bond donors (Lipinski definition) is 1. The fourth-order valence-corrected chi connectivity index (χ4v) is 2.78. The first-order valence-electron chi connectivity index (χ1n) is 7.87. The first-order chi connectivity index (χ1) is 11.7. The van der Waals surface area contributed by atoms with Gasteiger partial charge in [0, 0.05) is 26.2 Å². The van der Waals surface area contributed by atoms with Gasteiger partial charge in [-0.05, 0) is 13.0 Å². The van der Waals surface area contributed by atoms with Crippen molar-refractivity contribution < 1.29 is 14.4 Å². The van der Waals surface area contributed by atoms with Crippen molar-refractivity contribution in [3.63, 3.8) is 0 Å². The predicted octanol–water partition coefficient (Wildman–Crippen LogP) is 1.13. The van der Waals surface area contributed by atoms with E-state index >= 15 is 0 Å². The Labute approximate surface area is 139 Å². The highest BCUT2D eigenvalue weighted by atomic mass is 16.7. The highest BCUT2D eigenvalue weighted by molar-refractivity contribution is 5.71. The lowest BCUT2D eigenvalue weighted by Crippen LogP contribution is -2.47. The fourth-order valence-electron chi connectivity index (χ4n) is 2.78. The van der Waals surface area contributed by atoms with E-state index < -0.39 is 4.92 Å². The maximum absolute atomic E-state index is 11.6. The van der Waals surface area contributed by atoms with Crippen LogP contribution in [0.4, 0.5) is 17.3 Å². The SMILES string of the molecule is CCCN1CCN(c2ncnc(NC3=COCO3)c2[N+](=O)[O-])CC1. The molecule has 3 heterocycles. The zero-order chi connectivity index (χ0) is 16.9. The number of anilines is 2. The van der Waals surface area contributed by atoms with Gasteiger partial charge in [-0.1, -0.05) is 6.92 Å². The van der Waals surface area contributed by atoms with Gasteiger partial charge in [0.25, 0.3) is 0 Å². The highest BCUT2D eigenvalue weighted by Gasteiger charge is 2.30. The molecule has 1 aromatic heterocycles. The van der Waals surface area contributed by atoms with Crippen LogP contribution >= 0.6 is 0 Å². The number of nitro groups is 1. The Morgan fingerprint density at radius 3 is 2.75 bits per heavy atom. The molecule has 0 bridgehead atoms. The van der Waals surface area contributed by atoms with Crippen LogP contribution in [0.2, 0.25) is 0 Å². The van der Waals surface area contributed by atoms with Crippen LogP contribution in [0.3, 0.4) is 0 Å². The number of nitrogens with one attached hydrogen (secondary N) is 1. The zero-order valence-corrected chi connectivity index (χ0v) is 13.5. The number of aromatic nitrogens is 2. The van der Waals surface area contributed by atoms with E-state index in [-0.39, 0.29) is 24.2 Å². The van der Waals surface area contributed by atoms with Gasteiger partial charge in [-0.25, -0.2) is 9.97 Å². The van der Waals surface area contributed by atoms with Crippen LogP contribution in [0, 0.1) is 10.1 Å². The minimum absolute atomic E-state index is 0.0768.